The molecule has 0 saturated carbocycles. The predicted octanol–water partition coefficient (Wildman–Crippen LogP) is 15.3. The third kappa shape index (κ3) is 5.43. The minimum absolute atomic E-state index is 0.0362. The number of nitrogens with zero attached hydrogens (tertiary/aromatic N) is 2. The van der Waals surface area contributed by atoms with E-state index in [4.69, 9.17) is 14.4 Å². The van der Waals surface area contributed by atoms with Gasteiger partial charge in [-0.1, -0.05) is 167 Å². The van der Waals surface area contributed by atoms with E-state index in [9.17, 15) is 0 Å². The van der Waals surface area contributed by atoms with Crippen molar-refractivity contribution in [3.63, 3.8) is 0 Å². The molecule has 61 heavy (non-hydrogen) atoms. The van der Waals surface area contributed by atoms with Crippen molar-refractivity contribution in [2.45, 2.75) is 38.5 Å². The van der Waals surface area contributed by atoms with Crippen molar-refractivity contribution in [1.82, 2.24) is 9.97 Å². The summed E-state index contributed by atoms with van der Waals surface area (Å²) in [4.78, 5) is 10.3. The van der Waals surface area contributed by atoms with E-state index in [2.05, 4.69) is 185 Å². The van der Waals surface area contributed by atoms with Crippen LogP contribution in [-0.4, -0.2) is 9.97 Å². The number of furan rings is 1. The minimum atomic E-state index is -0.141. The van der Waals surface area contributed by atoms with Crippen LogP contribution in [0.3, 0.4) is 0 Å². The monoisotopic (exact) mass is 782 g/mol. The van der Waals surface area contributed by atoms with Crippen LogP contribution in [0.4, 0.5) is 0 Å². The Morgan fingerprint density at radius 1 is 0.344 bits per heavy atom. The second kappa shape index (κ2) is 13.1. The van der Waals surface area contributed by atoms with Gasteiger partial charge in [0.15, 0.2) is 5.82 Å². The van der Waals surface area contributed by atoms with Crippen molar-refractivity contribution in [3.05, 3.63) is 204 Å². The number of hydrogen-bond acceptors (Lipinski definition) is 3. The molecule has 3 heteroatoms. The molecule has 0 amide bonds. The van der Waals surface area contributed by atoms with Gasteiger partial charge in [-0.05, 0) is 109 Å². The maximum Gasteiger partial charge on any atom is 0.160 e. The molecule has 0 N–H and O–H groups in total. The predicted molar refractivity (Wildman–Crippen MR) is 252 cm³/mol. The van der Waals surface area contributed by atoms with Crippen LogP contribution in [0, 0.1) is 0 Å². The Balaban J connectivity index is 0.941. The van der Waals surface area contributed by atoms with E-state index in [0.29, 0.717) is 5.82 Å². The van der Waals surface area contributed by atoms with Gasteiger partial charge in [0, 0.05) is 38.3 Å². The number of para-hydroxylation sites is 1. The number of aromatic nitrogens is 2. The van der Waals surface area contributed by atoms with Gasteiger partial charge in [-0.15, -0.1) is 0 Å². The second-order valence-corrected chi connectivity index (χ2v) is 17.8. The molecular weight excluding hydrogens is 741 g/mol. The van der Waals surface area contributed by atoms with Crippen molar-refractivity contribution >= 4 is 21.9 Å². The quantitative estimate of drug-likeness (QED) is 0.175. The van der Waals surface area contributed by atoms with Crippen LogP contribution in [-0.2, 0) is 10.8 Å². The number of fused-ring (bicyclic) bond motifs is 9. The van der Waals surface area contributed by atoms with E-state index >= 15 is 0 Å². The first-order valence-electron chi connectivity index (χ1n) is 21.2. The molecule has 0 atom stereocenters. The third-order valence-corrected chi connectivity index (χ3v) is 13.5. The molecule has 2 heterocycles. The van der Waals surface area contributed by atoms with Gasteiger partial charge >= 0.3 is 0 Å². The average Bonchev–Trinajstić information content (AvgIpc) is 3.87. The SMILES string of the molecule is CC1(C)c2ccccc2-c2cc3c(cc21)-c1ccc(-c2ccc4oc5c(-c6cc(-c7ccc(-c8ccccc8)cc7)nc(-c7ccccc7)n6)cccc5c4c2)cc1C3(C)C. The zero-order valence-electron chi connectivity index (χ0n) is 34.6. The molecule has 2 aliphatic rings. The van der Waals surface area contributed by atoms with Gasteiger partial charge < -0.3 is 4.42 Å². The fourth-order valence-electron chi connectivity index (χ4n) is 10.2. The van der Waals surface area contributed by atoms with E-state index in [1.807, 2.05) is 24.3 Å². The van der Waals surface area contributed by atoms with Gasteiger partial charge in [-0.2, -0.15) is 0 Å². The first-order chi connectivity index (χ1) is 29.7. The van der Waals surface area contributed by atoms with Gasteiger partial charge in [-0.25, -0.2) is 9.97 Å². The molecule has 8 aromatic carbocycles. The molecule has 3 nitrogen and oxygen atoms in total. The van der Waals surface area contributed by atoms with Crippen molar-refractivity contribution in [1.29, 1.82) is 0 Å². The molecule has 10 aromatic rings. The largest absolute Gasteiger partial charge is 0.455 e. The second-order valence-electron chi connectivity index (χ2n) is 17.8. The average molecular weight is 783 g/mol. The van der Waals surface area contributed by atoms with Gasteiger partial charge in [0.05, 0.1) is 11.4 Å². The van der Waals surface area contributed by atoms with E-state index in [-0.39, 0.29) is 10.8 Å². The summed E-state index contributed by atoms with van der Waals surface area (Å²) in [5.74, 6) is 0.676. The van der Waals surface area contributed by atoms with Crippen molar-refractivity contribution in [2.75, 3.05) is 0 Å². The zero-order chi connectivity index (χ0) is 41.0. The van der Waals surface area contributed by atoms with E-state index < -0.39 is 0 Å². The molecule has 290 valence electrons. The summed E-state index contributed by atoms with van der Waals surface area (Å²) < 4.78 is 6.75. The van der Waals surface area contributed by atoms with Crippen LogP contribution in [0.5, 0.6) is 0 Å². The summed E-state index contributed by atoms with van der Waals surface area (Å²) in [7, 11) is 0. The molecule has 0 saturated heterocycles. The summed E-state index contributed by atoms with van der Waals surface area (Å²) in [6, 6.07) is 65.4. The Labute approximate surface area is 356 Å². The first kappa shape index (κ1) is 35.6. The molecule has 0 spiro atoms. The Morgan fingerprint density at radius 3 is 1.64 bits per heavy atom. The zero-order valence-corrected chi connectivity index (χ0v) is 34.6. The topological polar surface area (TPSA) is 38.9 Å². The molecule has 0 aliphatic heterocycles. The number of benzene rings is 8. The Kier molecular flexibility index (Phi) is 7.62. The van der Waals surface area contributed by atoms with Gasteiger partial charge in [0.1, 0.15) is 11.2 Å². The molecule has 2 aliphatic carbocycles. The maximum atomic E-state index is 6.75. The number of rotatable bonds is 5. The summed E-state index contributed by atoms with van der Waals surface area (Å²) in [5.41, 5.74) is 21.9. The third-order valence-electron chi connectivity index (χ3n) is 13.5. The van der Waals surface area contributed by atoms with E-state index in [0.717, 1.165) is 50.0 Å². The van der Waals surface area contributed by atoms with Crippen molar-refractivity contribution in [3.8, 4) is 78.4 Å². The molecule has 0 radical (unpaired) electrons. The molecule has 0 bridgehead atoms. The van der Waals surface area contributed by atoms with Crippen LogP contribution >= 0.6 is 0 Å². The summed E-state index contributed by atoms with van der Waals surface area (Å²) >= 11 is 0. The van der Waals surface area contributed by atoms with Crippen LogP contribution < -0.4 is 0 Å². The molecular formula is C58H42N2O. The summed E-state index contributed by atoms with van der Waals surface area (Å²) in [5, 5.41) is 2.15. The Bertz CT molecular complexity index is 3390. The van der Waals surface area contributed by atoms with Crippen LogP contribution in [0.15, 0.2) is 186 Å². The fraction of sp³-hybridized carbons (Fsp3) is 0.103. The molecule has 12 rings (SSSR count). The van der Waals surface area contributed by atoms with Crippen LogP contribution in [0.25, 0.3) is 100 Å². The van der Waals surface area contributed by atoms with Gasteiger partial charge in [0.2, 0.25) is 0 Å². The number of hydrogen-bond donors (Lipinski definition) is 0. The van der Waals surface area contributed by atoms with Gasteiger partial charge in [0.25, 0.3) is 0 Å². The fourth-order valence-corrected chi connectivity index (χ4v) is 10.2. The smallest absolute Gasteiger partial charge is 0.160 e. The van der Waals surface area contributed by atoms with E-state index in [1.54, 1.807) is 0 Å². The van der Waals surface area contributed by atoms with E-state index in [1.165, 1.54) is 66.8 Å². The highest BCUT2D eigenvalue weighted by atomic mass is 16.3. The normalized spacial score (nSPS) is 14.2. The highest BCUT2D eigenvalue weighted by Gasteiger charge is 2.41. The summed E-state index contributed by atoms with van der Waals surface area (Å²) in [6.45, 7) is 9.50. The van der Waals surface area contributed by atoms with Gasteiger partial charge in [-0.3, -0.25) is 0 Å². The molecule has 0 unspecified atom stereocenters. The maximum absolute atomic E-state index is 6.75. The van der Waals surface area contributed by atoms with Crippen molar-refractivity contribution in [2.24, 2.45) is 0 Å². The highest BCUT2D eigenvalue weighted by molar-refractivity contribution is 6.10. The highest BCUT2D eigenvalue weighted by Crippen LogP contribution is 2.56. The lowest BCUT2D eigenvalue weighted by Gasteiger charge is -2.24. The first-order valence-corrected chi connectivity index (χ1v) is 21.2. The minimum Gasteiger partial charge on any atom is -0.455 e. The Morgan fingerprint density at radius 2 is 0.885 bits per heavy atom. The Hall–Kier alpha value is -7.36. The van der Waals surface area contributed by atoms with Crippen LogP contribution in [0.2, 0.25) is 0 Å². The standard InChI is InChI=1S/C58H42N2O/c1-57(2)48-21-12-11-18-41(48)45-32-51-46(33-50(45)57)42-28-26-40(31-49(42)58(51,3)4)39-27-29-54-47(30-39)43-19-13-20-44(55(43)61-54)53-34-52(59-56(60-53)38-16-9-6-10-17-38)37-24-22-36(23-25-37)35-14-7-5-8-15-35/h5-34H,1-4H3. The lowest BCUT2D eigenvalue weighted by Crippen LogP contribution is -2.17. The van der Waals surface area contributed by atoms with Crippen molar-refractivity contribution < 1.29 is 4.42 Å². The molecule has 0 fully saturated rings. The lowest BCUT2D eigenvalue weighted by molar-refractivity contribution is 0.652. The molecule has 2 aromatic heterocycles. The lowest BCUT2D eigenvalue weighted by atomic mass is 9.79. The van der Waals surface area contributed by atoms with Crippen LogP contribution in [0.1, 0.15) is 49.9 Å². The summed E-state index contributed by atoms with van der Waals surface area (Å²) in [6.07, 6.45) is 0.